The Morgan fingerprint density at radius 3 is 2.35 bits per heavy atom. The molecule has 0 saturated heterocycles. The van der Waals surface area contributed by atoms with Gasteiger partial charge in [0.05, 0.1) is 5.56 Å². The van der Waals surface area contributed by atoms with Crippen LogP contribution in [0.5, 0.6) is 11.5 Å². The van der Waals surface area contributed by atoms with Crippen molar-refractivity contribution in [2.75, 3.05) is 13.2 Å². The largest absolute Gasteiger partial charge is 0.508 e. The summed E-state index contributed by atoms with van der Waals surface area (Å²) in [7, 11) is 0. The number of benzene rings is 3. The Hall–Kier alpha value is -2.79. The van der Waals surface area contributed by atoms with E-state index in [-0.39, 0.29) is 19.0 Å². The van der Waals surface area contributed by atoms with Crippen molar-refractivity contribution in [3.63, 3.8) is 0 Å². The summed E-state index contributed by atoms with van der Waals surface area (Å²) in [5.41, 5.74) is 2.26. The molecule has 0 aliphatic heterocycles. The minimum absolute atomic E-state index is 0.165. The van der Waals surface area contributed by atoms with Crippen molar-refractivity contribution in [3.8, 4) is 22.6 Å². The van der Waals surface area contributed by atoms with E-state index in [1.807, 2.05) is 30.3 Å². The topological polar surface area (TPSA) is 55.8 Å². The maximum absolute atomic E-state index is 12.2. The average molecular weight is 413 g/mol. The molecule has 1 N–H and O–H groups in total. The number of hydrogen-bond acceptors (Lipinski definition) is 4. The van der Waals surface area contributed by atoms with Crippen molar-refractivity contribution in [3.05, 3.63) is 82.8 Å². The SMILES string of the molecule is O=C(OCCOc1ccc(Br)cc1)c1cccc(-c2ccc(O)cc2)c1. The van der Waals surface area contributed by atoms with Gasteiger partial charge >= 0.3 is 5.97 Å². The van der Waals surface area contributed by atoms with Crippen LogP contribution in [0.3, 0.4) is 0 Å². The number of aromatic hydroxyl groups is 1. The highest BCUT2D eigenvalue weighted by Gasteiger charge is 2.09. The lowest BCUT2D eigenvalue weighted by molar-refractivity contribution is 0.0450. The number of ether oxygens (including phenoxy) is 2. The number of halogens is 1. The molecule has 3 rings (SSSR count). The van der Waals surface area contributed by atoms with Crippen molar-refractivity contribution < 1.29 is 19.4 Å². The molecule has 4 nitrogen and oxygen atoms in total. The first-order chi connectivity index (χ1) is 12.6. The molecule has 0 aliphatic carbocycles. The van der Waals surface area contributed by atoms with Crippen molar-refractivity contribution in [2.45, 2.75) is 0 Å². The smallest absolute Gasteiger partial charge is 0.338 e. The summed E-state index contributed by atoms with van der Waals surface area (Å²) in [5, 5.41) is 9.37. The van der Waals surface area contributed by atoms with Gasteiger partial charge in [0.1, 0.15) is 24.7 Å². The summed E-state index contributed by atoms with van der Waals surface area (Å²) < 4.78 is 11.8. The van der Waals surface area contributed by atoms with Crippen LogP contribution >= 0.6 is 15.9 Å². The second kappa shape index (κ2) is 8.54. The first-order valence-electron chi connectivity index (χ1n) is 8.07. The van der Waals surface area contributed by atoms with E-state index in [0.717, 1.165) is 21.3 Å². The van der Waals surface area contributed by atoms with Crippen LogP contribution in [0.4, 0.5) is 0 Å². The van der Waals surface area contributed by atoms with Gasteiger partial charge in [-0.15, -0.1) is 0 Å². The quantitative estimate of drug-likeness (QED) is 0.454. The van der Waals surface area contributed by atoms with Gasteiger partial charge in [0.15, 0.2) is 0 Å². The Bertz CT molecular complexity index is 873. The van der Waals surface area contributed by atoms with Gasteiger partial charge in [-0.05, 0) is 59.7 Å². The van der Waals surface area contributed by atoms with Gasteiger partial charge in [0.25, 0.3) is 0 Å². The monoisotopic (exact) mass is 412 g/mol. The van der Waals surface area contributed by atoms with Crippen LogP contribution in [0.25, 0.3) is 11.1 Å². The third kappa shape index (κ3) is 4.86. The molecule has 0 atom stereocenters. The van der Waals surface area contributed by atoms with Crippen molar-refractivity contribution in [2.24, 2.45) is 0 Å². The van der Waals surface area contributed by atoms with Gasteiger partial charge < -0.3 is 14.6 Å². The maximum atomic E-state index is 12.2. The molecule has 26 heavy (non-hydrogen) atoms. The summed E-state index contributed by atoms with van der Waals surface area (Å²) in [4.78, 5) is 12.2. The molecule has 0 fully saturated rings. The zero-order valence-corrected chi connectivity index (χ0v) is 15.5. The molecule has 0 aliphatic rings. The lowest BCUT2D eigenvalue weighted by Crippen LogP contribution is -2.12. The Kier molecular flexibility index (Phi) is 5.92. The molecule has 0 radical (unpaired) electrons. The van der Waals surface area contributed by atoms with Crippen molar-refractivity contribution in [1.29, 1.82) is 0 Å². The highest BCUT2D eigenvalue weighted by molar-refractivity contribution is 9.10. The van der Waals surface area contributed by atoms with Crippen molar-refractivity contribution >= 4 is 21.9 Å². The minimum atomic E-state index is -0.398. The van der Waals surface area contributed by atoms with Gasteiger partial charge in [-0.2, -0.15) is 0 Å². The number of hydrogen-bond donors (Lipinski definition) is 1. The third-order valence-corrected chi connectivity index (χ3v) is 4.23. The number of phenols is 1. The first kappa shape index (κ1) is 18.0. The predicted molar refractivity (Wildman–Crippen MR) is 103 cm³/mol. The molecule has 3 aromatic rings. The lowest BCUT2D eigenvalue weighted by Gasteiger charge is -2.09. The molecule has 5 heteroatoms. The zero-order valence-electron chi connectivity index (χ0n) is 13.9. The number of carbonyl (C=O) groups is 1. The van der Waals surface area contributed by atoms with Crippen LogP contribution in [0.1, 0.15) is 10.4 Å². The lowest BCUT2D eigenvalue weighted by atomic mass is 10.0. The molecule has 132 valence electrons. The second-order valence-corrected chi connectivity index (χ2v) is 6.48. The van der Waals surface area contributed by atoms with Crippen molar-refractivity contribution in [1.82, 2.24) is 0 Å². The molecular formula is C21H17BrO4. The molecule has 3 aromatic carbocycles. The zero-order chi connectivity index (χ0) is 18.4. The number of carbonyl (C=O) groups excluding carboxylic acids is 1. The van der Waals surface area contributed by atoms with Gasteiger partial charge in [-0.1, -0.05) is 40.2 Å². The van der Waals surface area contributed by atoms with E-state index in [1.54, 1.807) is 42.5 Å². The number of rotatable bonds is 6. The fraction of sp³-hybridized carbons (Fsp3) is 0.0952. The van der Waals surface area contributed by atoms with Gasteiger partial charge in [0, 0.05) is 4.47 Å². The first-order valence-corrected chi connectivity index (χ1v) is 8.86. The Balaban J connectivity index is 1.55. The van der Waals surface area contributed by atoms with E-state index in [1.165, 1.54) is 0 Å². The Labute approximate surface area is 160 Å². The van der Waals surface area contributed by atoms with Crippen LogP contribution in [-0.2, 0) is 4.74 Å². The van der Waals surface area contributed by atoms with E-state index >= 15 is 0 Å². The highest BCUT2D eigenvalue weighted by atomic mass is 79.9. The van der Waals surface area contributed by atoms with Crippen LogP contribution in [-0.4, -0.2) is 24.3 Å². The average Bonchev–Trinajstić information content (AvgIpc) is 2.67. The minimum Gasteiger partial charge on any atom is -0.508 e. The van der Waals surface area contributed by atoms with Gasteiger partial charge in [-0.25, -0.2) is 4.79 Å². The summed E-state index contributed by atoms with van der Waals surface area (Å²) in [5.74, 6) is 0.527. The Morgan fingerprint density at radius 1 is 0.885 bits per heavy atom. The Morgan fingerprint density at radius 2 is 1.62 bits per heavy atom. The molecule has 0 unspecified atom stereocenters. The molecule has 0 bridgehead atoms. The van der Waals surface area contributed by atoms with Crippen LogP contribution in [0.15, 0.2) is 77.3 Å². The molecule has 0 amide bonds. The normalized spacial score (nSPS) is 10.3. The van der Waals surface area contributed by atoms with E-state index in [4.69, 9.17) is 9.47 Å². The summed E-state index contributed by atoms with van der Waals surface area (Å²) in [6.45, 7) is 0.448. The molecular weight excluding hydrogens is 396 g/mol. The fourth-order valence-electron chi connectivity index (χ4n) is 2.39. The summed E-state index contributed by atoms with van der Waals surface area (Å²) in [6, 6.07) is 21.5. The van der Waals surface area contributed by atoms with E-state index < -0.39 is 5.97 Å². The maximum Gasteiger partial charge on any atom is 0.338 e. The fourth-order valence-corrected chi connectivity index (χ4v) is 2.65. The predicted octanol–water partition coefficient (Wildman–Crippen LogP) is 5.06. The van der Waals surface area contributed by atoms with Crippen LogP contribution < -0.4 is 4.74 Å². The van der Waals surface area contributed by atoms with Crippen LogP contribution in [0, 0.1) is 0 Å². The number of phenolic OH excluding ortho intramolecular Hbond substituents is 1. The van der Waals surface area contributed by atoms with E-state index in [9.17, 15) is 9.90 Å². The van der Waals surface area contributed by atoms with Gasteiger partial charge in [0.2, 0.25) is 0 Å². The molecule has 0 aromatic heterocycles. The van der Waals surface area contributed by atoms with E-state index in [0.29, 0.717) is 5.56 Å². The van der Waals surface area contributed by atoms with Gasteiger partial charge in [-0.3, -0.25) is 0 Å². The van der Waals surface area contributed by atoms with Crippen LogP contribution in [0.2, 0.25) is 0 Å². The molecule has 0 spiro atoms. The number of esters is 1. The molecule has 0 saturated carbocycles. The summed E-state index contributed by atoms with van der Waals surface area (Å²) >= 11 is 3.36. The third-order valence-electron chi connectivity index (χ3n) is 3.70. The van der Waals surface area contributed by atoms with E-state index in [2.05, 4.69) is 15.9 Å². The molecule has 0 heterocycles. The summed E-state index contributed by atoms with van der Waals surface area (Å²) in [6.07, 6.45) is 0. The standard InChI is InChI=1S/C21H17BrO4/c22-18-6-10-20(11-7-18)25-12-13-26-21(24)17-3-1-2-16(14-17)15-4-8-19(23)9-5-15/h1-11,14,23H,12-13H2. The highest BCUT2D eigenvalue weighted by Crippen LogP contribution is 2.23. The second-order valence-electron chi connectivity index (χ2n) is 5.57.